The molecule has 1 N–H and O–H groups in total. The van der Waals surface area contributed by atoms with Crippen molar-refractivity contribution < 1.29 is 13.6 Å². The van der Waals surface area contributed by atoms with E-state index in [0.29, 0.717) is 6.54 Å². The fourth-order valence-electron chi connectivity index (χ4n) is 1.58. The second-order valence-electron chi connectivity index (χ2n) is 4.42. The summed E-state index contributed by atoms with van der Waals surface area (Å²) in [6.45, 7) is 0.493. The zero-order valence-electron chi connectivity index (χ0n) is 9.10. The summed E-state index contributed by atoms with van der Waals surface area (Å²) < 4.78 is 26.3. The van der Waals surface area contributed by atoms with Crippen LogP contribution < -0.4 is 5.32 Å². The van der Waals surface area contributed by atoms with Crippen LogP contribution >= 0.6 is 15.9 Å². The van der Waals surface area contributed by atoms with Crippen LogP contribution in [0.25, 0.3) is 0 Å². The van der Waals surface area contributed by atoms with E-state index in [2.05, 4.69) is 21.2 Å². The van der Waals surface area contributed by atoms with Gasteiger partial charge in [-0.15, -0.1) is 0 Å². The Labute approximate surface area is 107 Å². The van der Waals surface area contributed by atoms with Gasteiger partial charge in [0.15, 0.2) is 11.6 Å². The van der Waals surface area contributed by atoms with Gasteiger partial charge in [-0.1, -0.05) is 22.0 Å². The highest BCUT2D eigenvalue weighted by Gasteiger charge is 2.41. The number of halogens is 3. The normalized spacial score (nSPS) is 16.6. The third kappa shape index (κ3) is 2.65. The Morgan fingerprint density at radius 1 is 1.41 bits per heavy atom. The molecule has 0 unspecified atom stereocenters. The van der Waals surface area contributed by atoms with Gasteiger partial charge < -0.3 is 5.32 Å². The van der Waals surface area contributed by atoms with Crippen LogP contribution in [-0.4, -0.2) is 17.8 Å². The van der Waals surface area contributed by atoms with Crippen molar-refractivity contribution in [2.45, 2.75) is 12.8 Å². The van der Waals surface area contributed by atoms with Crippen LogP contribution in [0.2, 0.25) is 0 Å². The Bertz CT molecular complexity index is 446. The molecule has 5 heteroatoms. The second kappa shape index (κ2) is 4.72. The van der Waals surface area contributed by atoms with Crippen molar-refractivity contribution in [2.75, 3.05) is 11.9 Å². The van der Waals surface area contributed by atoms with Crippen molar-refractivity contribution in [2.24, 2.45) is 5.41 Å². The molecule has 0 saturated heterocycles. The number of nitrogens with one attached hydrogen (secondary N) is 1. The van der Waals surface area contributed by atoms with E-state index < -0.39 is 17.5 Å². The largest absolute Gasteiger partial charge is 0.351 e. The molecular formula is C12H12BrF2NO. The molecule has 0 bridgehead atoms. The van der Waals surface area contributed by atoms with Crippen LogP contribution in [0.5, 0.6) is 0 Å². The monoisotopic (exact) mass is 303 g/mol. The maximum atomic E-state index is 13.3. The molecule has 17 heavy (non-hydrogen) atoms. The van der Waals surface area contributed by atoms with Gasteiger partial charge in [-0.3, -0.25) is 4.79 Å². The van der Waals surface area contributed by atoms with Crippen molar-refractivity contribution >= 4 is 21.8 Å². The number of rotatable bonds is 4. The number of hydrogen-bond donors (Lipinski definition) is 1. The summed E-state index contributed by atoms with van der Waals surface area (Å²) in [4.78, 5) is 11.7. The number of alkyl halides is 1. The van der Waals surface area contributed by atoms with Gasteiger partial charge in [-0.25, -0.2) is 8.78 Å². The van der Waals surface area contributed by atoms with Crippen LogP contribution in [0.15, 0.2) is 18.2 Å². The lowest BCUT2D eigenvalue weighted by atomic mass is 10.1. The summed E-state index contributed by atoms with van der Waals surface area (Å²) in [6.07, 6.45) is 2.09. The van der Waals surface area contributed by atoms with E-state index in [0.717, 1.165) is 24.2 Å². The van der Waals surface area contributed by atoms with E-state index in [1.165, 1.54) is 12.1 Å². The number of carbonyl (C=O) groups is 1. The van der Waals surface area contributed by atoms with Gasteiger partial charge in [0.1, 0.15) is 0 Å². The molecule has 0 atom stereocenters. The SMILES string of the molecule is O=C(NCC1(CBr)CC1)c1cccc(F)c1F. The number of carbonyl (C=O) groups excluding carboxylic acids is 1. The van der Waals surface area contributed by atoms with Crippen molar-refractivity contribution in [1.29, 1.82) is 0 Å². The number of amides is 1. The molecule has 1 amide bonds. The standard InChI is InChI=1S/C12H12BrF2NO/c13-6-12(4-5-12)7-16-11(17)8-2-1-3-9(14)10(8)15/h1-3H,4-7H2,(H,16,17). The first kappa shape index (κ1) is 12.5. The molecule has 1 aromatic rings. The average molecular weight is 304 g/mol. The third-order valence-corrected chi connectivity index (χ3v) is 4.25. The van der Waals surface area contributed by atoms with Crippen LogP contribution in [-0.2, 0) is 0 Å². The maximum absolute atomic E-state index is 13.3. The molecule has 0 aliphatic heterocycles. The summed E-state index contributed by atoms with van der Waals surface area (Å²) in [5, 5.41) is 3.46. The van der Waals surface area contributed by atoms with Crippen LogP contribution in [0, 0.1) is 17.0 Å². The van der Waals surface area contributed by atoms with Gasteiger partial charge in [0, 0.05) is 11.9 Å². The molecule has 1 aromatic carbocycles. The summed E-state index contributed by atoms with van der Waals surface area (Å²) in [6, 6.07) is 3.60. The number of hydrogen-bond acceptors (Lipinski definition) is 1. The van der Waals surface area contributed by atoms with Crippen molar-refractivity contribution in [3.8, 4) is 0 Å². The van der Waals surface area contributed by atoms with E-state index in [9.17, 15) is 13.6 Å². The predicted molar refractivity (Wildman–Crippen MR) is 64.2 cm³/mol. The Morgan fingerprint density at radius 3 is 2.71 bits per heavy atom. The van der Waals surface area contributed by atoms with Gasteiger partial charge >= 0.3 is 0 Å². The molecule has 1 fully saturated rings. The molecule has 0 spiro atoms. The van der Waals surface area contributed by atoms with E-state index in [-0.39, 0.29) is 11.0 Å². The van der Waals surface area contributed by atoms with Gasteiger partial charge in [0.05, 0.1) is 5.56 Å². The minimum Gasteiger partial charge on any atom is -0.351 e. The Balaban J connectivity index is 2.02. The predicted octanol–water partition coefficient (Wildman–Crippen LogP) is 2.87. The molecule has 0 aromatic heterocycles. The summed E-state index contributed by atoms with van der Waals surface area (Å²) in [5.74, 6) is -2.65. The Kier molecular flexibility index (Phi) is 3.47. The lowest BCUT2D eigenvalue weighted by Crippen LogP contribution is -2.31. The first-order chi connectivity index (χ1) is 8.08. The quantitative estimate of drug-likeness (QED) is 0.852. The van der Waals surface area contributed by atoms with Crippen molar-refractivity contribution in [3.63, 3.8) is 0 Å². The van der Waals surface area contributed by atoms with Crippen molar-refractivity contribution in [1.82, 2.24) is 5.32 Å². The van der Waals surface area contributed by atoms with E-state index >= 15 is 0 Å². The fraction of sp³-hybridized carbons (Fsp3) is 0.417. The highest BCUT2D eigenvalue weighted by Crippen LogP contribution is 2.46. The zero-order chi connectivity index (χ0) is 12.5. The van der Waals surface area contributed by atoms with Gasteiger partial charge in [-0.05, 0) is 30.4 Å². The molecule has 2 rings (SSSR count). The lowest BCUT2D eigenvalue weighted by molar-refractivity contribution is 0.0941. The minimum atomic E-state index is -1.09. The average Bonchev–Trinajstić information content (AvgIpc) is 3.10. The van der Waals surface area contributed by atoms with Gasteiger partial charge in [0.25, 0.3) is 5.91 Å². The fourth-order valence-corrected chi connectivity index (χ4v) is 2.34. The topological polar surface area (TPSA) is 29.1 Å². The first-order valence-corrected chi connectivity index (χ1v) is 6.48. The molecule has 2 nitrogen and oxygen atoms in total. The molecule has 1 aliphatic rings. The maximum Gasteiger partial charge on any atom is 0.254 e. The Hall–Kier alpha value is -0.970. The summed E-state index contributed by atoms with van der Waals surface area (Å²) in [5.41, 5.74) is -0.130. The van der Waals surface area contributed by atoms with Crippen LogP contribution in [0.3, 0.4) is 0 Å². The molecule has 92 valence electrons. The lowest BCUT2D eigenvalue weighted by Gasteiger charge is -2.12. The van der Waals surface area contributed by atoms with Crippen LogP contribution in [0.1, 0.15) is 23.2 Å². The van der Waals surface area contributed by atoms with Crippen molar-refractivity contribution in [3.05, 3.63) is 35.4 Å². The van der Waals surface area contributed by atoms with Gasteiger partial charge in [-0.2, -0.15) is 0 Å². The molecule has 0 heterocycles. The first-order valence-electron chi connectivity index (χ1n) is 5.36. The minimum absolute atomic E-state index is 0.111. The Morgan fingerprint density at radius 2 is 2.12 bits per heavy atom. The van der Waals surface area contributed by atoms with E-state index in [4.69, 9.17) is 0 Å². The van der Waals surface area contributed by atoms with E-state index in [1.807, 2.05) is 0 Å². The van der Waals surface area contributed by atoms with Crippen LogP contribution in [0.4, 0.5) is 8.78 Å². The zero-order valence-corrected chi connectivity index (χ0v) is 10.7. The van der Waals surface area contributed by atoms with E-state index in [1.54, 1.807) is 0 Å². The second-order valence-corrected chi connectivity index (χ2v) is 4.98. The summed E-state index contributed by atoms with van der Waals surface area (Å²) in [7, 11) is 0. The highest BCUT2D eigenvalue weighted by molar-refractivity contribution is 9.09. The highest BCUT2D eigenvalue weighted by atomic mass is 79.9. The molecule has 0 radical (unpaired) electrons. The summed E-state index contributed by atoms with van der Waals surface area (Å²) >= 11 is 3.38. The molecule has 1 saturated carbocycles. The number of benzene rings is 1. The smallest absolute Gasteiger partial charge is 0.254 e. The molecule has 1 aliphatic carbocycles. The third-order valence-electron chi connectivity index (χ3n) is 3.06. The van der Waals surface area contributed by atoms with Gasteiger partial charge in [0.2, 0.25) is 0 Å². The molecular weight excluding hydrogens is 292 g/mol.